The van der Waals surface area contributed by atoms with Crippen LogP contribution in [-0.2, 0) is 10.0 Å². The molecule has 1 aromatic heterocycles. The Balaban J connectivity index is 1.71. The molecule has 0 aliphatic rings. The zero-order valence-electron chi connectivity index (χ0n) is 14.5. The number of amides is 1. The fraction of sp³-hybridized carbons (Fsp3) is 0.105. The molecule has 0 radical (unpaired) electrons. The summed E-state index contributed by atoms with van der Waals surface area (Å²) in [5.74, 6) is 0.281. The summed E-state index contributed by atoms with van der Waals surface area (Å²) in [6.07, 6.45) is 0. The van der Waals surface area contributed by atoms with E-state index in [1.54, 1.807) is 53.9 Å². The second kappa shape index (κ2) is 8.24. The Morgan fingerprint density at radius 1 is 1.04 bits per heavy atom. The number of anilines is 2. The number of nitrogens with one attached hydrogen (secondary N) is 2. The number of para-hydroxylation sites is 2. The summed E-state index contributed by atoms with van der Waals surface area (Å²) in [7, 11) is -3.61. The Bertz CT molecular complexity index is 1010. The molecule has 0 unspecified atom stereocenters. The molecule has 0 spiro atoms. The highest BCUT2D eigenvalue weighted by molar-refractivity contribution is 7.94. The van der Waals surface area contributed by atoms with Crippen LogP contribution >= 0.6 is 11.3 Å². The number of sulfonamides is 1. The van der Waals surface area contributed by atoms with Gasteiger partial charge in [0.2, 0.25) is 0 Å². The molecule has 0 bridgehead atoms. The third kappa shape index (κ3) is 4.66. The van der Waals surface area contributed by atoms with Gasteiger partial charge in [-0.2, -0.15) is 0 Å². The van der Waals surface area contributed by atoms with Crippen LogP contribution in [0.3, 0.4) is 0 Å². The lowest BCUT2D eigenvalue weighted by atomic mass is 10.2. The van der Waals surface area contributed by atoms with Gasteiger partial charge in [-0.3, -0.25) is 9.52 Å². The highest BCUT2D eigenvalue weighted by Crippen LogP contribution is 2.25. The predicted molar refractivity (Wildman–Crippen MR) is 107 cm³/mol. The molecule has 3 aromatic rings. The summed E-state index contributed by atoms with van der Waals surface area (Å²) in [5, 5.41) is 4.50. The second-order valence-electron chi connectivity index (χ2n) is 5.50. The Kier molecular flexibility index (Phi) is 5.78. The van der Waals surface area contributed by atoms with Gasteiger partial charge in [0, 0.05) is 11.3 Å². The molecule has 3 rings (SSSR count). The molecular weight excluding hydrogens is 384 g/mol. The molecule has 1 heterocycles. The first kappa shape index (κ1) is 18.9. The van der Waals surface area contributed by atoms with E-state index < -0.39 is 10.0 Å². The van der Waals surface area contributed by atoms with Crippen LogP contribution in [-0.4, -0.2) is 20.9 Å². The van der Waals surface area contributed by atoms with Crippen molar-refractivity contribution in [1.82, 2.24) is 0 Å². The number of carbonyl (C=O) groups excluding carboxylic acids is 1. The van der Waals surface area contributed by atoms with Gasteiger partial charge in [-0.15, -0.1) is 11.3 Å². The van der Waals surface area contributed by atoms with Gasteiger partial charge in [-0.05, 0) is 54.8 Å². The Labute approximate surface area is 161 Å². The van der Waals surface area contributed by atoms with Gasteiger partial charge in [0.15, 0.2) is 0 Å². The lowest BCUT2D eigenvalue weighted by Crippen LogP contribution is -2.14. The summed E-state index contributed by atoms with van der Waals surface area (Å²) in [6, 6.07) is 16.6. The summed E-state index contributed by atoms with van der Waals surface area (Å²) >= 11 is 1.14. The predicted octanol–water partition coefficient (Wildman–Crippen LogP) is 4.20. The molecule has 0 aliphatic carbocycles. The van der Waals surface area contributed by atoms with Gasteiger partial charge in [0.1, 0.15) is 9.96 Å². The highest BCUT2D eigenvalue weighted by atomic mass is 32.2. The van der Waals surface area contributed by atoms with Crippen molar-refractivity contribution in [3.8, 4) is 5.75 Å². The van der Waals surface area contributed by atoms with Gasteiger partial charge in [0.25, 0.3) is 15.9 Å². The van der Waals surface area contributed by atoms with Gasteiger partial charge in [-0.25, -0.2) is 8.42 Å². The average molecular weight is 402 g/mol. The zero-order valence-corrected chi connectivity index (χ0v) is 16.1. The fourth-order valence-electron chi connectivity index (χ4n) is 2.36. The third-order valence-electron chi connectivity index (χ3n) is 3.59. The fourth-order valence-corrected chi connectivity index (χ4v) is 4.41. The van der Waals surface area contributed by atoms with E-state index in [4.69, 9.17) is 4.74 Å². The van der Waals surface area contributed by atoms with Gasteiger partial charge >= 0.3 is 0 Å². The van der Waals surface area contributed by atoms with Crippen LogP contribution in [0.15, 0.2) is 70.3 Å². The Morgan fingerprint density at radius 3 is 2.44 bits per heavy atom. The van der Waals surface area contributed by atoms with Crippen LogP contribution in [0, 0.1) is 0 Å². The standard InChI is InChI=1S/C19H18N2O4S2/c1-2-25-17-7-4-3-6-16(17)20-19(22)14-9-11-15(12-10-14)21-27(23,24)18-8-5-13-26-18/h3-13,21H,2H2,1H3,(H,20,22). The summed E-state index contributed by atoms with van der Waals surface area (Å²) < 4.78 is 32.7. The van der Waals surface area contributed by atoms with Gasteiger partial charge in [0.05, 0.1) is 12.3 Å². The highest BCUT2D eigenvalue weighted by Gasteiger charge is 2.15. The van der Waals surface area contributed by atoms with Gasteiger partial charge < -0.3 is 10.1 Å². The largest absolute Gasteiger partial charge is 0.492 e. The summed E-state index contributed by atoms with van der Waals surface area (Å²) in [4.78, 5) is 12.5. The van der Waals surface area contributed by atoms with Crippen molar-refractivity contribution < 1.29 is 17.9 Å². The lowest BCUT2D eigenvalue weighted by molar-refractivity contribution is 0.102. The monoisotopic (exact) mass is 402 g/mol. The Morgan fingerprint density at radius 2 is 1.78 bits per heavy atom. The van der Waals surface area contributed by atoms with E-state index in [1.165, 1.54) is 6.07 Å². The second-order valence-corrected chi connectivity index (χ2v) is 8.36. The van der Waals surface area contributed by atoms with Crippen molar-refractivity contribution in [2.75, 3.05) is 16.6 Å². The van der Waals surface area contributed by atoms with Crippen molar-refractivity contribution in [3.05, 3.63) is 71.6 Å². The molecular formula is C19H18N2O4S2. The molecule has 6 nitrogen and oxygen atoms in total. The van der Waals surface area contributed by atoms with Crippen LogP contribution in [0.25, 0.3) is 0 Å². The number of hydrogen-bond donors (Lipinski definition) is 2. The van der Waals surface area contributed by atoms with E-state index in [-0.39, 0.29) is 10.1 Å². The summed E-state index contributed by atoms with van der Waals surface area (Å²) in [5.41, 5.74) is 1.36. The smallest absolute Gasteiger partial charge is 0.271 e. The molecule has 2 aromatic carbocycles. The molecule has 0 saturated heterocycles. The minimum Gasteiger partial charge on any atom is -0.492 e. The van der Waals surface area contributed by atoms with E-state index >= 15 is 0 Å². The molecule has 1 amide bonds. The van der Waals surface area contributed by atoms with Gasteiger partial charge in [-0.1, -0.05) is 18.2 Å². The van der Waals surface area contributed by atoms with Crippen LogP contribution < -0.4 is 14.8 Å². The first-order valence-corrected chi connectivity index (χ1v) is 10.6. The number of rotatable bonds is 7. The summed E-state index contributed by atoms with van der Waals surface area (Å²) in [6.45, 7) is 2.36. The molecule has 0 aliphatic heterocycles. The number of benzene rings is 2. The first-order valence-electron chi connectivity index (χ1n) is 8.19. The minimum atomic E-state index is -3.61. The molecule has 8 heteroatoms. The average Bonchev–Trinajstić information content (AvgIpc) is 3.20. The molecule has 0 atom stereocenters. The molecule has 0 saturated carbocycles. The van der Waals surface area contributed by atoms with Crippen LogP contribution in [0.1, 0.15) is 17.3 Å². The maximum absolute atomic E-state index is 12.5. The van der Waals surface area contributed by atoms with Crippen molar-refractivity contribution in [2.24, 2.45) is 0 Å². The zero-order chi connectivity index (χ0) is 19.3. The Hall–Kier alpha value is -2.84. The van der Waals surface area contributed by atoms with E-state index in [1.807, 2.05) is 13.0 Å². The first-order chi connectivity index (χ1) is 13.0. The molecule has 0 fully saturated rings. The maximum atomic E-state index is 12.5. The quantitative estimate of drug-likeness (QED) is 0.620. The normalized spacial score (nSPS) is 11.0. The lowest BCUT2D eigenvalue weighted by Gasteiger charge is -2.11. The number of thiophene rings is 1. The van der Waals surface area contributed by atoms with Crippen LogP contribution in [0.2, 0.25) is 0 Å². The number of carbonyl (C=O) groups is 1. The van der Waals surface area contributed by atoms with Crippen LogP contribution in [0.4, 0.5) is 11.4 Å². The SMILES string of the molecule is CCOc1ccccc1NC(=O)c1ccc(NS(=O)(=O)c2cccs2)cc1. The van der Waals surface area contributed by atoms with E-state index in [0.29, 0.717) is 29.3 Å². The minimum absolute atomic E-state index is 0.233. The third-order valence-corrected chi connectivity index (χ3v) is 6.37. The maximum Gasteiger partial charge on any atom is 0.271 e. The number of hydrogen-bond acceptors (Lipinski definition) is 5. The molecule has 27 heavy (non-hydrogen) atoms. The topological polar surface area (TPSA) is 84.5 Å². The number of ether oxygens (including phenoxy) is 1. The van der Waals surface area contributed by atoms with Crippen molar-refractivity contribution in [2.45, 2.75) is 11.1 Å². The van der Waals surface area contributed by atoms with E-state index in [2.05, 4.69) is 10.0 Å². The van der Waals surface area contributed by atoms with E-state index in [0.717, 1.165) is 11.3 Å². The molecule has 2 N–H and O–H groups in total. The van der Waals surface area contributed by atoms with Crippen molar-refractivity contribution >= 4 is 38.6 Å². The van der Waals surface area contributed by atoms with E-state index in [9.17, 15) is 13.2 Å². The molecule has 140 valence electrons. The van der Waals surface area contributed by atoms with Crippen molar-refractivity contribution in [1.29, 1.82) is 0 Å². The van der Waals surface area contributed by atoms with Crippen molar-refractivity contribution in [3.63, 3.8) is 0 Å². The van der Waals surface area contributed by atoms with Crippen LogP contribution in [0.5, 0.6) is 5.75 Å².